The Morgan fingerprint density at radius 1 is 1.21 bits per heavy atom. The molecule has 1 heterocycles. The Morgan fingerprint density at radius 3 is 2.37 bits per heavy atom. The van der Waals surface area contributed by atoms with Crippen LogP contribution in [0.2, 0.25) is 0 Å². The Labute approximate surface area is 121 Å². The van der Waals surface area contributed by atoms with Gasteiger partial charge in [0.25, 0.3) is 0 Å². The third kappa shape index (κ3) is 2.75. The van der Waals surface area contributed by atoms with Gasteiger partial charge in [0.1, 0.15) is 5.75 Å². The van der Waals surface area contributed by atoms with Crippen LogP contribution in [0.5, 0.6) is 5.75 Å². The van der Waals surface area contributed by atoms with Crippen LogP contribution in [-0.2, 0) is 4.74 Å². The summed E-state index contributed by atoms with van der Waals surface area (Å²) < 4.78 is 11.2. The molecule has 2 nitrogen and oxygen atoms in total. The number of ether oxygens (including phenoxy) is 2. The predicted molar refractivity (Wildman–Crippen MR) is 79.0 cm³/mol. The normalized spacial score (nSPS) is 32.3. The molecule has 0 amide bonds. The van der Waals surface area contributed by atoms with Crippen LogP contribution in [-0.4, -0.2) is 19.3 Å². The maximum atomic E-state index is 6.75. The SMILES string of the molecule is COc1ccc(C(Cl)C2C(C)OC(C)C2C)c(C)c1. The summed E-state index contributed by atoms with van der Waals surface area (Å²) in [6.07, 6.45) is 0.480. The van der Waals surface area contributed by atoms with E-state index >= 15 is 0 Å². The molecule has 2 rings (SSSR count). The van der Waals surface area contributed by atoms with Gasteiger partial charge in [-0.2, -0.15) is 0 Å². The molecule has 1 aromatic rings. The van der Waals surface area contributed by atoms with Crippen LogP contribution in [0.4, 0.5) is 0 Å². The number of hydrogen-bond donors (Lipinski definition) is 0. The third-order valence-corrected chi connectivity index (χ3v) is 4.96. The molecule has 1 aliphatic heterocycles. The van der Waals surface area contributed by atoms with E-state index in [-0.39, 0.29) is 17.6 Å². The van der Waals surface area contributed by atoms with Crippen molar-refractivity contribution in [3.63, 3.8) is 0 Å². The topological polar surface area (TPSA) is 18.5 Å². The van der Waals surface area contributed by atoms with Crippen molar-refractivity contribution in [3.8, 4) is 5.75 Å². The van der Waals surface area contributed by atoms with Gasteiger partial charge in [-0.05, 0) is 49.9 Å². The van der Waals surface area contributed by atoms with Gasteiger partial charge in [0.2, 0.25) is 0 Å². The number of alkyl halides is 1. The van der Waals surface area contributed by atoms with Crippen LogP contribution in [0.3, 0.4) is 0 Å². The maximum Gasteiger partial charge on any atom is 0.119 e. The van der Waals surface area contributed by atoms with Gasteiger partial charge in [-0.25, -0.2) is 0 Å². The number of methoxy groups -OCH3 is 1. The minimum absolute atomic E-state index is 0.0131. The Bertz CT molecular complexity index is 446. The van der Waals surface area contributed by atoms with Crippen molar-refractivity contribution in [2.45, 2.75) is 45.3 Å². The standard InChI is InChI=1S/C16H23ClO2/c1-9-8-13(18-5)6-7-14(9)16(17)15-10(2)11(3)19-12(15)4/h6-8,10-12,15-16H,1-5H3. The highest BCUT2D eigenvalue weighted by atomic mass is 35.5. The van der Waals surface area contributed by atoms with E-state index in [2.05, 4.69) is 33.8 Å². The number of aryl methyl sites for hydroxylation is 1. The highest BCUT2D eigenvalue weighted by Crippen LogP contribution is 2.44. The molecule has 1 fully saturated rings. The largest absolute Gasteiger partial charge is 0.497 e. The zero-order valence-electron chi connectivity index (χ0n) is 12.3. The summed E-state index contributed by atoms with van der Waals surface area (Å²) in [6.45, 7) is 8.57. The maximum absolute atomic E-state index is 6.75. The molecule has 19 heavy (non-hydrogen) atoms. The molecule has 0 saturated carbocycles. The Kier molecular flexibility index (Phi) is 4.42. The number of hydrogen-bond acceptors (Lipinski definition) is 2. The molecule has 1 aliphatic rings. The predicted octanol–water partition coefficient (Wildman–Crippen LogP) is 4.34. The van der Waals surface area contributed by atoms with E-state index in [1.54, 1.807) is 7.11 Å². The Morgan fingerprint density at radius 2 is 1.89 bits per heavy atom. The molecular weight excluding hydrogens is 260 g/mol. The molecule has 0 N–H and O–H groups in total. The van der Waals surface area contributed by atoms with Crippen LogP contribution in [0.1, 0.15) is 37.3 Å². The van der Waals surface area contributed by atoms with Gasteiger partial charge in [0.15, 0.2) is 0 Å². The highest BCUT2D eigenvalue weighted by molar-refractivity contribution is 6.21. The van der Waals surface area contributed by atoms with E-state index in [1.807, 2.05) is 12.1 Å². The van der Waals surface area contributed by atoms with Crippen molar-refractivity contribution in [2.24, 2.45) is 11.8 Å². The second kappa shape index (κ2) is 5.72. The van der Waals surface area contributed by atoms with Gasteiger partial charge in [-0.15, -0.1) is 11.6 Å². The molecule has 0 aromatic heterocycles. The second-order valence-corrected chi connectivity index (χ2v) is 6.08. The smallest absolute Gasteiger partial charge is 0.119 e. The highest BCUT2D eigenvalue weighted by Gasteiger charge is 2.41. The van der Waals surface area contributed by atoms with E-state index < -0.39 is 0 Å². The first-order valence-corrected chi connectivity index (χ1v) is 7.33. The van der Waals surface area contributed by atoms with Crippen LogP contribution in [0.25, 0.3) is 0 Å². The molecule has 3 heteroatoms. The summed E-state index contributed by atoms with van der Waals surface area (Å²) in [4.78, 5) is 0. The quantitative estimate of drug-likeness (QED) is 0.768. The zero-order valence-corrected chi connectivity index (χ0v) is 13.1. The van der Waals surface area contributed by atoms with E-state index in [1.165, 1.54) is 11.1 Å². The van der Waals surface area contributed by atoms with Crippen LogP contribution in [0, 0.1) is 18.8 Å². The second-order valence-electron chi connectivity index (χ2n) is 5.61. The lowest BCUT2D eigenvalue weighted by Gasteiger charge is -2.25. The average molecular weight is 283 g/mol. The van der Waals surface area contributed by atoms with E-state index in [9.17, 15) is 0 Å². The summed E-state index contributed by atoms with van der Waals surface area (Å²) in [7, 11) is 1.68. The molecule has 5 atom stereocenters. The van der Waals surface area contributed by atoms with Crippen molar-refractivity contribution in [1.29, 1.82) is 0 Å². The molecule has 0 aliphatic carbocycles. The number of rotatable bonds is 3. The molecule has 1 saturated heterocycles. The first kappa shape index (κ1) is 14.7. The van der Waals surface area contributed by atoms with Crippen LogP contribution >= 0.6 is 11.6 Å². The first-order valence-electron chi connectivity index (χ1n) is 6.89. The lowest BCUT2D eigenvalue weighted by molar-refractivity contribution is 0.0508. The van der Waals surface area contributed by atoms with Crippen molar-refractivity contribution in [3.05, 3.63) is 29.3 Å². The molecule has 0 radical (unpaired) electrons. The van der Waals surface area contributed by atoms with Gasteiger partial charge in [-0.3, -0.25) is 0 Å². The monoisotopic (exact) mass is 282 g/mol. The fourth-order valence-corrected chi connectivity index (χ4v) is 3.77. The van der Waals surface area contributed by atoms with Gasteiger partial charge in [0.05, 0.1) is 24.7 Å². The minimum Gasteiger partial charge on any atom is -0.497 e. The van der Waals surface area contributed by atoms with Gasteiger partial charge >= 0.3 is 0 Å². The molecule has 1 aromatic carbocycles. The van der Waals surface area contributed by atoms with Gasteiger partial charge in [-0.1, -0.05) is 13.0 Å². The van der Waals surface area contributed by atoms with E-state index in [0.717, 1.165) is 5.75 Å². The fraction of sp³-hybridized carbons (Fsp3) is 0.625. The summed E-state index contributed by atoms with van der Waals surface area (Å²) >= 11 is 6.75. The van der Waals surface area contributed by atoms with Crippen molar-refractivity contribution < 1.29 is 9.47 Å². The molecule has 106 valence electrons. The van der Waals surface area contributed by atoms with Crippen molar-refractivity contribution in [1.82, 2.24) is 0 Å². The van der Waals surface area contributed by atoms with Gasteiger partial charge < -0.3 is 9.47 Å². The summed E-state index contributed by atoms with van der Waals surface area (Å²) in [6, 6.07) is 6.10. The van der Waals surface area contributed by atoms with Crippen LogP contribution < -0.4 is 4.74 Å². The Balaban J connectivity index is 2.26. The van der Waals surface area contributed by atoms with Gasteiger partial charge in [0, 0.05) is 5.92 Å². The van der Waals surface area contributed by atoms with Crippen molar-refractivity contribution >= 4 is 11.6 Å². The molecular formula is C16H23ClO2. The van der Waals surface area contributed by atoms with Crippen molar-refractivity contribution in [2.75, 3.05) is 7.11 Å². The zero-order chi connectivity index (χ0) is 14.2. The number of halogens is 1. The minimum atomic E-state index is -0.0131. The summed E-state index contributed by atoms with van der Waals surface area (Å²) in [5.41, 5.74) is 2.36. The third-order valence-electron chi connectivity index (χ3n) is 4.43. The van der Waals surface area contributed by atoms with E-state index in [0.29, 0.717) is 11.8 Å². The molecule has 0 bridgehead atoms. The summed E-state index contributed by atoms with van der Waals surface area (Å²) in [5, 5.41) is -0.0131. The number of benzene rings is 1. The average Bonchev–Trinajstić information content (AvgIpc) is 2.62. The molecule has 5 unspecified atom stereocenters. The Hall–Kier alpha value is -0.730. The van der Waals surface area contributed by atoms with Crippen LogP contribution in [0.15, 0.2) is 18.2 Å². The lowest BCUT2D eigenvalue weighted by atomic mass is 9.83. The van der Waals surface area contributed by atoms with E-state index in [4.69, 9.17) is 21.1 Å². The molecule has 0 spiro atoms. The fourth-order valence-electron chi connectivity index (χ4n) is 3.09. The first-order chi connectivity index (χ1) is 8.95. The summed E-state index contributed by atoms with van der Waals surface area (Å²) in [5.74, 6) is 1.70. The lowest BCUT2D eigenvalue weighted by Crippen LogP contribution is -2.22.